The summed E-state index contributed by atoms with van der Waals surface area (Å²) >= 11 is 0. The highest BCUT2D eigenvalue weighted by molar-refractivity contribution is 5.92. The first-order chi connectivity index (χ1) is 9.13. The van der Waals surface area contributed by atoms with Crippen LogP contribution in [0.3, 0.4) is 0 Å². The first-order valence-electron chi connectivity index (χ1n) is 6.45. The number of aromatic nitrogens is 1. The Morgan fingerprint density at radius 2 is 2.11 bits per heavy atom. The van der Waals surface area contributed by atoms with Crippen LogP contribution in [0.1, 0.15) is 20.3 Å². The molecule has 0 bridgehead atoms. The van der Waals surface area contributed by atoms with Gasteiger partial charge in [0.2, 0.25) is 0 Å². The van der Waals surface area contributed by atoms with E-state index in [1.807, 2.05) is 49.1 Å². The van der Waals surface area contributed by atoms with E-state index in [0.29, 0.717) is 0 Å². The highest BCUT2D eigenvalue weighted by Crippen LogP contribution is 2.26. The smallest absolute Gasteiger partial charge is 0.305 e. The van der Waals surface area contributed by atoms with Crippen LogP contribution in [0.15, 0.2) is 36.5 Å². The summed E-state index contributed by atoms with van der Waals surface area (Å²) in [7, 11) is 0. The maximum atomic E-state index is 10.9. The number of carbonyl (C=O) groups is 1. The summed E-state index contributed by atoms with van der Waals surface area (Å²) < 4.78 is 0. The maximum absolute atomic E-state index is 10.9. The van der Waals surface area contributed by atoms with Crippen molar-refractivity contribution in [2.45, 2.75) is 26.3 Å². The lowest BCUT2D eigenvalue weighted by Crippen LogP contribution is -2.35. The predicted octanol–water partition coefficient (Wildman–Crippen LogP) is 2.92. The van der Waals surface area contributed by atoms with Gasteiger partial charge in [-0.2, -0.15) is 0 Å². The normalized spacial score (nSPS) is 12.3. The van der Waals surface area contributed by atoms with Gasteiger partial charge in [-0.1, -0.05) is 24.3 Å². The summed E-state index contributed by atoms with van der Waals surface area (Å²) in [4.78, 5) is 17.4. The number of rotatable bonds is 5. The molecule has 100 valence electrons. The molecule has 0 aliphatic rings. The van der Waals surface area contributed by atoms with Gasteiger partial charge in [-0.15, -0.1) is 0 Å². The van der Waals surface area contributed by atoms with E-state index in [1.165, 1.54) is 0 Å². The van der Waals surface area contributed by atoms with E-state index >= 15 is 0 Å². The fraction of sp³-hybridized carbons (Fsp3) is 0.333. The monoisotopic (exact) mass is 258 g/mol. The van der Waals surface area contributed by atoms with E-state index in [0.717, 1.165) is 23.1 Å². The zero-order chi connectivity index (χ0) is 13.8. The van der Waals surface area contributed by atoms with Gasteiger partial charge in [0.25, 0.3) is 0 Å². The lowest BCUT2D eigenvalue weighted by atomic mass is 10.1. The minimum absolute atomic E-state index is 0.0826. The van der Waals surface area contributed by atoms with Crippen LogP contribution in [-0.2, 0) is 4.79 Å². The molecule has 0 radical (unpaired) electrons. The number of hydrogen-bond donors (Lipinski definition) is 1. The van der Waals surface area contributed by atoms with Crippen LogP contribution in [0.5, 0.6) is 0 Å². The minimum Gasteiger partial charge on any atom is -0.481 e. The van der Waals surface area contributed by atoms with Gasteiger partial charge in [0.15, 0.2) is 0 Å². The Balaban J connectivity index is 2.43. The summed E-state index contributed by atoms with van der Waals surface area (Å²) in [6.45, 7) is 4.67. The van der Waals surface area contributed by atoms with Crippen LogP contribution in [0.2, 0.25) is 0 Å². The molecule has 0 saturated carbocycles. The molecular weight excluding hydrogens is 240 g/mol. The van der Waals surface area contributed by atoms with E-state index in [9.17, 15) is 4.79 Å². The fourth-order valence-corrected chi connectivity index (χ4v) is 2.37. The van der Waals surface area contributed by atoms with Crippen LogP contribution in [-0.4, -0.2) is 28.6 Å². The molecule has 1 aromatic carbocycles. The minimum atomic E-state index is -0.786. The predicted molar refractivity (Wildman–Crippen MR) is 76.5 cm³/mol. The van der Waals surface area contributed by atoms with Crippen LogP contribution in [0.25, 0.3) is 10.8 Å². The second-order valence-corrected chi connectivity index (χ2v) is 4.59. The molecule has 0 saturated heterocycles. The van der Waals surface area contributed by atoms with Crippen molar-refractivity contribution in [3.63, 3.8) is 0 Å². The average Bonchev–Trinajstić information content (AvgIpc) is 2.39. The van der Waals surface area contributed by atoms with Crippen LogP contribution < -0.4 is 4.90 Å². The van der Waals surface area contributed by atoms with Crippen LogP contribution in [0, 0.1) is 0 Å². The molecule has 0 fully saturated rings. The van der Waals surface area contributed by atoms with Gasteiger partial charge in [-0.05, 0) is 25.3 Å². The van der Waals surface area contributed by atoms with E-state index in [2.05, 4.69) is 4.98 Å². The van der Waals surface area contributed by atoms with Gasteiger partial charge in [0.05, 0.1) is 6.42 Å². The lowest BCUT2D eigenvalue weighted by Gasteiger charge is -2.29. The summed E-state index contributed by atoms with van der Waals surface area (Å²) in [5, 5.41) is 11.1. The summed E-state index contributed by atoms with van der Waals surface area (Å²) in [5.41, 5.74) is 0. The van der Waals surface area contributed by atoms with Crippen molar-refractivity contribution in [3.8, 4) is 0 Å². The Morgan fingerprint density at radius 3 is 2.79 bits per heavy atom. The van der Waals surface area contributed by atoms with E-state index in [4.69, 9.17) is 5.11 Å². The SMILES string of the molecule is CCN(c1nccc2ccccc12)C(C)CC(=O)O. The summed E-state index contributed by atoms with van der Waals surface area (Å²) in [6, 6.07) is 9.91. The Bertz CT molecular complexity index is 578. The number of pyridine rings is 1. The third-order valence-electron chi connectivity index (χ3n) is 3.27. The second kappa shape index (κ2) is 5.69. The number of nitrogens with zero attached hydrogens (tertiary/aromatic N) is 2. The van der Waals surface area contributed by atoms with Gasteiger partial charge >= 0.3 is 5.97 Å². The number of benzene rings is 1. The average molecular weight is 258 g/mol. The molecule has 1 atom stereocenters. The number of hydrogen-bond acceptors (Lipinski definition) is 3. The molecule has 4 heteroatoms. The molecule has 2 rings (SSSR count). The van der Waals surface area contributed by atoms with Gasteiger partial charge < -0.3 is 10.0 Å². The summed E-state index contributed by atoms with van der Waals surface area (Å²) in [6.07, 6.45) is 1.88. The molecule has 1 N–H and O–H groups in total. The van der Waals surface area contributed by atoms with Crippen molar-refractivity contribution in [2.24, 2.45) is 0 Å². The topological polar surface area (TPSA) is 53.4 Å². The molecular formula is C15H18N2O2. The Hall–Kier alpha value is -2.10. The number of carboxylic acids is 1. The fourth-order valence-electron chi connectivity index (χ4n) is 2.37. The van der Waals surface area contributed by atoms with Crippen molar-refractivity contribution in [1.82, 2.24) is 4.98 Å². The molecule has 19 heavy (non-hydrogen) atoms. The Kier molecular flexibility index (Phi) is 4.00. The van der Waals surface area contributed by atoms with Crippen LogP contribution in [0.4, 0.5) is 5.82 Å². The number of anilines is 1. The molecule has 1 aromatic heterocycles. The molecule has 2 aromatic rings. The number of aliphatic carboxylic acids is 1. The Morgan fingerprint density at radius 1 is 1.37 bits per heavy atom. The largest absolute Gasteiger partial charge is 0.481 e. The maximum Gasteiger partial charge on any atom is 0.305 e. The molecule has 0 amide bonds. The van der Waals surface area contributed by atoms with E-state index < -0.39 is 5.97 Å². The van der Waals surface area contributed by atoms with Gasteiger partial charge in [-0.3, -0.25) is 4.79 Å². The van der Waals surface area contributed by atoms with Crippen molar-refractivity contribution < 1.29 is 9.90 Å². The van der Waals surface area contributed by atoms with Gasteiger partial charge in [0.1, 0.15) is 5.82 Å². The molecule has 0 aliphatic carbocycles. The molecule has 1 unspecified atom stereocenters. The summed E-state index contributed by atoms with van der Waals surface area (Å²) in [5.74, 6) is 0.0699. The lowest BCUT2D eigenvalue weighted by molar-refractivity contribution is -0.137. The molecule has 4 nitrogen and oxygen atoms in total. The third-order valence-corrected chi connectivity index (χ3v) is 3.27. The quantitative estimate of drug-likeness (QED) is 0.896. The van der Waals surface area contributed by atoms with E-state index in [-0.39, 0.29) is 12.5 Å². The second-order valence-electron chi connectivity index (χ2n) is 4.59. The highest BCUT2D eigenvalue weighted by atomic mass is 16.4. The standard InChI is InChI=1S/C15H18N2O2/c1-3-17(11(2)10-14(18)19)15-13-7-5-4-6-12(13)8-9-16-15/h4-9,11H,3,10H2,1-2H3,(H,18,19). The van der Waals surface area contributed by atoms with E-state index in [1.54, 1.807) is 6.20 Å². The zero-order valence-corrected chi connectivity index (χ0v) is 11.2. The zero-order valence-electron chi connectivity index (χ0n) is 11.2. The highest BCUT2D eigenvalue weighted by Gasteiger charge is 2.18. The first kappa shape index (κ1) is 13.3. The van der Waals surface area contributed by atoms with Gasteiger partial charge in [0, 0.05) is 24.2 Å². The van der Waals surface area contributed by atoms with Crippen LogP contribution >= 0.6 is 0 Å². The first-order valence-corrected chi connectivity index (χ1v) is 6.45. The molecule has 0 aliphatic heterocycles. The van der Waals surface area contributed by atoms with Crippen molar-refractivity contribution in [2.75, 3.05) is 11.4 Å². The van der Waals surface area contributed by atoms with Crippen molar-refractivity contribution in [3.05, 3.63) is 36.5 Å². The number of carboxylic acid groups (broad SMARTS) is 1. The third kappa shape index (κ3) is 2.84. The van der Waals surface area contributed by atoms with Gasteiger partial charge in [-0.25, -0.2) is 4.98 Å². The molecule has 1 heterocycles. The van der Waals surface area contributed by atoms with Crippen molar-refractivity contribution >= 4 is 22.6 Å². The Labute approximate surface area is 112 Å². The molecule has 0 spiro atoms. The van der Waals surface area contributed by atoms with Crippen molar-refractivity contribution in [1.29, 1.82) is 0 Å². The number of fused-ring (bicyclic) bond motifs is 1.